The lowest BCUT2D eigenvalue weighted by molar-refractivity contribution is -0.205. The summed E-state index contributed by atoms with van der Waals surface area (Å²) in [6, 6.07) is 0. The Bertz CT molecular complexity index is 949. The number of carboxylic acid groups (broad SMARTS) is 1. The summed E-state index contributed by atoms with van der Waals surface area (Å²) in [5, 5.41) is 21.4. The number of carbonyl (C=O) groups is 2. The van der Waals surface area contributed by atoms with Crippen LogP contribution < -0.4 is 0 Å². The number of carboxylic acids is 1. The maximum atomic E-state index is 14.2. The Balaban J connectivity index is 1.67. The number of aliphatic carboxylic acids is 1. The van der Waals surface area contributed by atoms with Gasteiger partial charge in [-0.1, -0.05) is 54.0 Å². The zero-order chi connectivity index (χ0) is 25.1. The molecule has 5 aliphatic carbocycles. The van der Waals surface area contributed by atoms with Crippen molar-refractivity contribution in [2.45, 2.75) is 106 Å². The number of ketones is 1. The molecule has 0 aromatic carbocycles. The molecule has 10 unspecified atom stereocenters. The van der Waals surface area contributed by atoms with Crippen LogP contribution in [0.5, 0.6) is 0 Å². The van der Waals surface area contributed by atoms with E-state index in [-0.39, 0.29) is 51.3 Å². The quantitative estimate of drug-likeness (QED) is 0.474. The van der Waals surface area contributed by atoms with Gasteiger partial charge in [-0.3, -0.25) is 9.59 Å². The predicted molar refractivity (Wildman–Crippen MR) is 133 cm³/mol. The second kappa shape index (κ2) is 7.20. The molecule has 0 amide bonds. The van der Waals surface area contributed by atoms with Crippen LogP contribution in [0.2, 0.25) is 0 Å². The number of aliphatic hydroxyl groups is 1. The molecule has 10 atom stereocenters. The molecule has 0 aromatic rings. The van der Waals surface area contributed by atoms with E-state index in [4.69, 9.17) is 0 Å². The number of hydrogen-bond donors (Lipinski definition) is 2. The minimum Gasteiger partial charge on any atom is -0.481 e. The summed E-state index contributed by atoms with van der Waals surface area (Å²) in [4.78, 5) is 27.0. The normalized spacial score (nSPS) is 54.1. The second-order valence-corrected chi connectivity index (χ2v) is 14.5. The molecule has 0 spiro atoms. The zero-order valence-electron chi connectivity index (χ0n) is 22.4. The van der Waals surface area contributed by atoms with Crippen molar-refractivity contribution in [2.24, 2.45) is 56.7 Å². The van der Waals surface area contributed by atoms with Crippen molar-refractivity contribution < 1.29 is 19.8 Å². The molecular formula is C30H46O4. The monoisotopic (exact) mass is 470 g/mol. The van der Waals surface area contributed by atoms with Crippen LogP contribution in [-0.4, -0.2) is 28.1 Å². The minimum absolute atomic E-state index is 0.0515. The third-order valence-corrected chi connectivity index (χ3v) is 13.1. The lowest BCUT2D eigenvalue weighted by Gasteiger charge is -2.70. The highest BCUT2D eigenvalue weighted by Gasteiger charge is 2.71. The van der Waals surface area contributed by atoms with Crippen LogP contribution in [0.3, 0.4) is 0 Å². The van der Waals surface area contributed by atoms with E-state index in [1.54, 1.807) is 0 Å². The first kappa shape index (κ1) is 24.5. The molecular weight excluding hydrogens is 424 g/mol. The summed E-state index contributed by atoms with van der Waals surface area (Å²) < 4.78 is 0. The molecule has 0 radical (unpaired) electrons. The molecule has 0 saturated heterocycles. The SMILES string of the molecule is CC1CCC2(C(=O)O)CCC3(C)C(=CC(=O)C4C5(C)CCC(O)C(C)(C)C5CCC43C)C2C1C. The summed E-state index contributed by atoms with van der Waals surface area (Å²) >= 11 is 0. The highest BCUT2D eigenvalue weighted by atomic mass is 16.4. The van der Waals surface area contributed by atoms with Gasteiger partial charge in [0.15, 0.2) is 5.78 Å². The number of allylic oxidation sites excluding steroid dienone is 2. The van der Waals surface area contributed by atoms with Gasteiger partial charge in [0.2, 0.25) is 0 Å². The van der Waals surface area contributed by atoms with E-state index in [1.165, 1.54) is 5.57 Å². The summed E-state index contributed by atoms with van der Waals surface area (Å²) in [5.41, 5.74) is -0.222. The summed E-state index contributed by atoms with van der Waals surface area (Å²) in [6.45, 7) is 16.0. The van der Waals surface area contributed by atoms with E-state index in [0.717, 1.165) is 51.4 Å². The zero-order valence-corrected chi connectivity index (χ0v) is 22.4. The number of fused-ring (bicyclic) bond motifs is 7. The van der Waals surface area contributed by atoms with Gasteiger partial charge >= 0.3 is 5.97 Å². The Morgan fingerprint density at radius 3 is 2.26 bits per heavy atom. The molecule has 0 heterocycles. The molecule has 4 heteroatoms. The van der Waals surface area contributed by atoms with E-state index >= 15 is 0 Å². The number of aliphatic hydroxyl groups excluding tert-OH is 1. The van der Waals surface area contributed by atoms with Gasteiger partial charge in [-0.25, -0.2) is 0 Å². The van der Waals surface area contributed by atoms with Crippen molar-refractivity contribution in [3.8, 4) is 0 Å². The molecule has 4 fully saturated rings. The summed E-state index contributed by atoms with van der Waals surface area (Å²) in [7, 11) is 0. The molecule has 5 rings (SSSR count). The van der Waals surface area contributed by atoms with E-state index < -0.39 is 11.4 Å². The number of hydrogen-bond acceptors (Lipinski definition) is 3. The standard InChI is InChI=1S/C30H46O4/c1-17-8-13-30(25(33)34)15-14-28(6)19(23(30)18(17)2)16-20(31)24-27(5)11-10-22(32)26(3,4)21(27)9-12-29(24,28)7/h16-18,21-24,32H,8-15H2,1-7H3,(H,33,34). The van der Waals surface area contributed by atoms with Gasteiger partial charge < -0.3 is 10.2 Å². The summed E-state index contributed by atoms with van der Waals surface area (Å²) in [5.74, 6) is 0.519. The highest BCUT2D eigenvalue weighted by Crippen LogP contribution is 2.75. The van der Waals surface area contributed by atoms with Crippen LogP contribution in [0.15, 0.2) is 11.6 Å². The molecule has 5 aliphatic rings. The van der Waals surface area contributed by atoms with Crippen molar-refractivity contribution in [3.63, 3.8) is 0 Å². The maximum Gasteiger partial charge on any atom is 0.310 e. The fourth-order valence-electron chi connectivity index (χ4n) is 10.7. The molecule has 0 aromatic heterocycles. The van der Waals surface area contributed by atoms with Crippen molar-refractivity contribution in [3.05, 3.63) is 11.6 Å². The van der Waals surface area contributed by atoms with Crippen molar-refractivity contribution in [1.29, 1.82) is 0 Å². The van der Waals surface area contributed by atoms with Crippen molar-refractivity contribution in [1.82, 2.24) is 0 Å². The molecule has 190 valence electrons. The average molecular weight is 471 g/mol. The highest BCUT2D eigenvalue weighted by molar-refractivity contribution is 5.96. The van der Waals surface area contributed by atoms with Crippen LogP contribution >= 0.6 is 0 Å². The van der Waals surface area contributed by atoms with Crippen molar-refractivity contribution >= 4 is 11.8 Å². The Morgan fingerprint density at radius 2 is 1.62 bits per heavy atom. The predicted octanol–water partition coefficient (Wildman–Crippen LogP) is 6.27. The fourth-order valence-corrected chi connectivity index (χ4v) is 10.7. The minimum atomic E-state index is -0.723. The molecule has 2 N–H and O–H groups in total. The van der Waals surface area contributed by atoms with Crippen molar-refractivity contribution in [2.75, 3.05) is 0 Å². The maximum absolute atomic E-state index is 14.2. The smallest absolute Gasteiger partial charge is 0.310 e. The topological polar surface area (TPSA) is 74.6 Å². The Morgan fingerprint density at radius 1 is 0.941 bits per heavy atom. The third kappa shape index (κ3) is 2.70. The molecule has 0 aliphatic heterocycles. The Hall–Kier alpha value is -1.16. The van der Waals surface area contributed by atoms with Gasteiger partial charge in [-0.15, -0.1) is 0 Å². The van der Waals surface area contributed by atoms with Gasteiger partial charge in [0.05, 0.1) is 11.5 Å². The Labute approximate surface area is 206 Å². The number of rotatable bonds is 1. The Kier molecular flexibility index (Phi) is 5.20. The van der Waals surface area contributed by atoms with E-state index in [9.17, 15) is 19.8 Å². The lowest BCUT2D eigenvalue weighted by Crippen LogP contribution is -2.67. The molecule has 34 heavy (non-hydrogen) atoms. The average Bonchev–Trinajstić information content (AvgIpc) is 2.74. The second-order valence-electron chi connectivity index (χ2n) is 14.5. The van der Waals surface area contributed by atoms with E-state index in [0.29, 0.717) is 11.8 Å². The summed E-state index contributed by atoms with van der Waals surface area (Å²) in [6.07, 6.45) is 8.57. The molecule has 0 bridgehead atoms. The van der Waals surface area contributed by atoms with Gasteiger partial charge in [0, 0.05) is 5.92 Å². The van der Waals surface area contributed by atoms with E-state index in [2.05, 4.69) is 48.5 Å². The van der Waals surface area contributed by atoms with Crippen LogP contribution in [0, 0.1) is 56.7 Å². The van der Waals surface area contributed by atoms with Crippen LogP contribution in [0.25, 0.3) is 0 Å². The first-order valence-corrected chi connectivity index (χ1v) is 13.8. The van der Waals surface area contributed by atoms with Gasteiger partial charge in [-0.05, 0) is 103 Å². The van der Waals surface area contributed by atoms with Crippen LogP contribution in [0.4, 0.5) is 0 Å². The lowest BCUT2D eigenvalue weighted by atomic mass is 9.33. The van der Waals surface area contributed by atoms with Crippen LogP contribution in [0.1, 0.15) is 99.8 Å². The number of carbonyl (C=O) groups excluding carboxylic acids is 1. The van der Waals surface area contributed by atoms with Gasteiger partial charge in [-0.2, -0.15) is 0 Å². The first-order chi connectivity index (χ1) is 15.7. The fraction of sp³-hybridized carbons (Fsp3) is 0.867. The van der Waals surface area contributed by atoms with Crippen LogP contribution in [-0.2, 0) is 9.59 Å². The van der Waals surface area contributed by atoms with E-state index in [1.807, 2.05) is 6.08 Å². The third-order valence-electron chi connectivity index (χ3n) is 13.1. The molecule has 4 saturated carbocycles. The first-order valence-electron chi connectivity index (χ1n) is 13.8. The van der Waals surface area contributed by atoms with Gasteiger partial charge in [0.1, 0.15) is 0 Å². The van der Waals surface area contributed by atoms with Gasteiger partial charge in [0.25, 0.3) is 0 Å². The molecule has 4 nitrogen and oxygen atoms in total. The largest absolute Gasteiger partial charge is 0.481 e.